The van der Waals surface area contributed by atoms with Crippen LogP contribution in [0.25, 0.3) is 0 Å². The van der Waals surface area contributed by atoms with Gasteiger partial charge in [0.1, 0.15) is 17.2 Å². The molecule has 30 heavy (non-hydrogen) atoms. The molecule has 2 unspecified atom stereocenters. The monoisotopic (exact) mass is 415 g/mol. The molecule has 2 atom stereocenters. The topological polar surface area (TPSA) is 48.0 Å². The number of ether oxygens (including phenoxy) is 3. The molecule has 6 heteroatoms. The number of benzene rings is 2. The highest BCUT2D eigenvalue weighted by Gasteiger charge is 2.35. The SMILES string of the molecule is COc1ccc(COC2CN(C(=O)OC(C)(C)C)CCC2c2ccc(F)cc2)cc1. The van der Waals surface area contributed by atoms with Gasteiger partial charge in [0.05, 0.1) is 26.4 Å². The van der Waals surface area contributed by atoms with Crippen molar-refractivity contribution < 1.29 is 23.4 Å². The van der Waals surface area contributed by atoms with Crippen molar-refractivity contribution in [2.75, 3.05) is 20.2 Å². The summed E-state index contributed by atoms with van der Waals surface area (Å²) < 4.78 is 30.4. The van der Waals surface area contributed by atoms with E-state index in [2.05, 4.69) is 0 Å². The highest BCUT2D eigenvalue weighted by molar-refractivity contribution is 5.68. The maximum absolute atomic E-state index is 13.4. The number of rotatable bonds is 5. The zero-order chi connectivity index (χ0) is 21.7. The van der Waals surface area contributed by atoms with E-state index in [1.54, 1.807) is 24.1 Å². The maximum Gasteiger partial charge on any atom is 0.410 e. The van der Waals surface area contributed by atoms with Gasteiger partial charge < -0.3 is 19.1 Å². The summed E-state index contributed by atoms with van der Waals surface area (Å²) in [4.78, 5) is 14.3. The molecule has 0 aromatic heterocycles. The van der Waals surface area contributed by atoms with Gasteiger partial charge in [0.15, 0.2) is 0 Å². The summed E-state index contributed by atoms with van der Waals surface area (Å²) in [6, 6.07) is 14.2. The second-order valence-electron chi connectivity index (χ2n) is 8.57. The summed E-state index contributed by atoms with van der Waals surface area (Å²) in [6.07, 6.45) is 0.162. The van der Waals surface area contributed by atoms with Gasteiger partial charge in [0.2, 0.25) is 0 Å². The molecule has 0 radical (unpaired) electrons. The Bertz CT molecular complexity index is 830. The Labute approximate surface area is 177 Å². The first-order valence-electron chi connectivity index (χ1n) is 10.2. The number of halogens is 1. The van der Waals surface area contributed by atoms with Crippen LogP contribution in [-0.2, 0) is 16.1 Å². The molecular weight excluding hydrogens is 385 g/mol. The molecule has 1 aliphatic heterocycles. The number of hydrogen-bond acceptors (Lipinski definition) is 4. The first-order valence-corrected chi connectivity index (χ1v) is 10.2. The third-order valence-electron chi connectivity index (χ3n) is 5.13. The van der Waals surface area contributed by atoms with Gasteiger partial charge in [-0.15, -0.1) is 0 Å². The van der Waals surface area contributed by atoms with Gasteiger partial charge in [0, 0.05) is 12.5 Å². The van der Waals surface area contributed by atoms with Crippen molar-refractivity contribution in [3.8, 4) is 5.75 Å². The lowest BCUT2D eigenvalue weighted by Crippen LogP contribution is -2.48. The van der Waals surface area contributed by atoms with Gasteiger partial charge in [-0.25, -0.2) is 9.18 Å². The van der Waals surface area contributed by atoms with Gasteiger partial charge >= 0.3 is 6.09 Å². The van der Waals surface area contributed by atoms with E-state index in [0.29, 0.717) is 19.7 Å². The number of nitrogens with zero attached hydrogens (tertiary/aromatic N) is 1. The second kappa shape index (κ2) is 9.47. The van der Waals surface area contributed by atoms with Crippen LogP contribution in [0.3, 0.4) is 0 Å². The van der Waals surface area contributed by atoms with E-state index in [9.17, 15) is 9.18 Å². The van der Waals surface area contributed by atoms with Gasteiger partial charge in [0.25, 0.3) is 0 Å². The van der Waals surface area contributed by atoms with Crippen molar-refractivity contribution in [2.24, 2.45) is 0 Å². The van der Waals surface area contributed by atoms with E-state index in [1.165, 1.54) is 12.1 Å². The largest absolute Gasteiger partial charge is 0.497 e. The number of likely N-dealkylation sites (tertiary alicyclic amines) is 1. The summed E-state index contributed by atoms with van der Waals surface area (Å²) in [5, 5.41) is 0. The fourth-order valence-corrected chi connectivity index (χ4v) is 3.59. The van der Waals surface area contributed by atoms with E-state index in [4.69, 9.17) is 14.2 Å². The molecule has 2 aromatic carbocycles. The minimum atomic E-state index is -0.551. The molecule has 0 spiro atoms. The van der Waals surface area contributed by atoms with Crippen molar-refractivity contribution in [3.05, 3.63) is 65.5 Å². The van der Waals surface area contributed by atoms with Crippen molar-refractivity contribution in [1.29, 1.82) is 0 Å². The quantitative estimate of drug-likeness (QED) is 0.678. The fourth-order valence-electron chi connectivity index (χ4n) is 3.59. The lowest BCUT2D eigenvalue weighted by Gasteiger charge is -2.39. The molecule has 1 heterocycles. The van der Waals surface area contributed by atoms with Gasteiger partial charge in [-0.3, -0.25) is 0 Å². The van der Waals surface area contributed by atoms with Gasteiger partial charge in [-0.05, 0) is 62.6 Å². The van der Waals surface area contributed by atoms with Crippen LogP contribution in [0.1, 0.15) is 44.2 Å². The summed E-state index contributed by atoms with van der Waals surface area (Å²) in [6.45, 7) is 6.97. The highest BCUT2D eigenvalue weighted by atomic mass is 19.1. The van der Waals surface area contributed by atoms with E-state index >= 15 is 0 Å². The fraction of sp³-hybridized carbons (Fsp3) is 0.458. The van der Waals surface area contributed by atoms with Crippen molar-refractivity contribution in [3.63, 3.8) is 0 Å². The lowest BCUT2D eigenvalue weighted by atomic mass is 9.87. The zero-order valence-electron chi connectivity index (χ0n) is 18.1. The molecule has 1 amide bonds. The average molecular weight is 416 g/mol. The molecule has 1 fully saturated rings. The summed E-state index contributed by atoms with van der Waals surface area (Å²) in [5.41, 5.74) is 1.48. The van der Waals surface area contributed by atoms with Crippen LogP contribution in [0.4, 0.5) is 9.18 Å². The van der Waals surface area contributed by atoms with Crippen molar-refractivity contribution in [1.82, 2.24) is 4.90 Å². The molecule has 0 bridgehead atoms. The van der Waals surface area contributed by atoms with E-state index in [1.807, 2.05) is 45.0 Å². The highest BCUT2D eigenvalue weighted by Crippen LogP contribution is 2.32. The van der Waals surface area contributed by atoms with E-state index < -0.39 is 5.60 Å². The second-order valence-corrected chi connectivity index (χ2v) is 8.57. The number of amides is 1. The Hall–Kier alpha value is -2.60. The number of carbonyl (C=O) groups excluding carboxylic acids is 1. The Kier molecular flexibility index (Phi) is 6.98. The first-order chi connectivity index (χ1) is 14.2. The number of carbonyl (C=O) groups is 1. The predicted octanol–water partition coefficient (Wildman–Crippen LogP) is 5.14. The van der Waals surface area contributed by atoms with Crippen LogP contribution >= 0.6 is 0 Å². The molecule has 0 saturated carbocycles. The van der Waals surface area contributed by atoms with Crippen LogP contribution in [-0.4, -0.2) is 42.9 Å². The van der Waals surface area contributed by atoms with Crippen LogP contribution < -0.4 is 4.74 Å². The summed E-state index contributed by atoms with van der Waals surface area (Å²) in [7, 11) is 1.63. The third kappa shape index (κ3) is 5.95. The molecule has 5 nitrogen and oxygen atoms in total. The molecule has 3 rings (SSSR count). The van der Waals surface area contributed by atoms with E-state index in [0.717, 1.165) is 23.3 Å². The van der Waals surface area contributed by atoms with Gasteiger partial charge in [-0.1, -0.05) is 24.3 Å². The number of hydrogen-bond donors (Lipinski definition) is 0. The summed E-state index contributed by atoms with van der Waals surface area (Å²) in [5.74, 6) is 0.597. The average Bonchev–Trinajstić information content (AvgIpc) is 2.72. The Balaban J connectivity index is 1.73. The number of methoxy groups -OCH3 is 1. The molecule has 1 saturated heterocycles. The normalized spacial score (nSPS) is 19.4. The lowest BCUT2D eigenvalue weighted by molar-refractivity contribution is -0.0359. The van der Waals surface area contributed by atoms with Crippen LogP contribution in [0, 0.1) is 5.82 Å². The predicted molar refractivity (Wildman–Crippen MR) is 113 cm³/mol. The first kappa shape index (κ1) is 22.1. The standard InChI is InChI=1S/C24H30FNO4/c1-24(2,3)30-23(27)26-14-13-21(18-7-9-19(25)10-8-18)22(15-26)29-16-17-5-11-20(28-4)12-6-17/h5-12,21-22H,13-16H2,1-4H3. The minimum Gasteiger partial charge on any atom is -0.497 e. The Morgan fingerprint density at radius 3 is 2.37 bits per heavy atom. The molecule has 2 aromatic rings. The molecule has 1 aliphatic rings. The third-order valence-corrected chi connectivity index (χ3v) is 5.13. The maximum atomic E-state index is 13.4. The Morgan fingerprint density at radius 1 is 1.10 bits per heavy atom. The Morgan fingerprint density at radius 2 is 1.77 bits per heavy atom. The summed E-state index contributed by atoms with van der Waals surface area (Å²) >= 11 is 0. The molecule has 0 N–H and O–H groups in total. The van der Waals surface area contributed by atoms with Crippen molar-refractivity contribution in [2.45, 2.75) is 51.4 Å². The molecule has 0 aliphatic carbocycles. The van der Waals surface area contributed by atoms with Crippen LogP contribution in [0.2, 0.25) is 0 Å². The minimum absolute atomic E-state index is 0.0718. The van der Waals surface area contributed by atoms with Crippen LogP contribution in [0.5, 0.6) is 5.75 Å². The number of piperidine rings is 1. The smallest absolute Gasteiger partial charge is 0.410 e. The van der Waals surface area contributed by atoms with Gasteiger partial charge in [-0.2, -0.15) is 0 Å². The van der Waals surface area contributed by atoms with Crippen molar-refractivity contribution >= 4 is 6.09 Å². The molecular formula is C24H30FNO4. The molecule has 162 valence electrons. The van der Waals surface area contributed by atoms with Crippen LogP contribution in [0.15, 0.2) is 48.5 Å². The van der Waals surface area contributed by atoms with E-state index in [-0.39, 0.29) is 23.9 Å². The zero-order valence-corrected chi connectivity index (χ0v) is 18.1.